The van der Waals surface area contributed by atoms with Gasteiger partial charge in [0.05, 0.1) is 5.37 Å². The summed E-state index contributed by atoms with van der Waals surface area (Å²) in [5, 5.41) is -0.475. The Bertz CT molecular complexity index is 107. The first-order valence-electron chi connectivity index (χ1n) is 2.43. The summed E-state index contributed by atoms with van der Waals surface area (Å²) in [6.07, 6.45) is -1.27. The Labute approximate surface area is 58.9 Å². The second-order valence-electron chi connectivity index (χ2n) is 1.63. The molecule has 0 aromatic carbocycles. The van der Waals surface area contributed by atoms with Gasteiger partial charge < -0.3 is 16.2 Å². The summed E-state index contributed by atoms with van der Waals surface area (Å²) < 4.78 is 4.45. The van der Waals surface area contributed by atoms with E-state index in [0.717, 1.165) is 0 Å². The summed E-state index contributed by atoms with van der Waals surface area (Å²) in [6, 6.07) is 0. The number of rotatable bonds is 2. The maximum absolute atomic E-state index is 10.0. The van der Waals surface area contributed by atoms with Crippen molar-refractivity contribution in [1.29, 1.82) is 0 Å². The molecule has 0 heterocycles. The van der Waals surface area contributed by atoms with Crippen LogP contribution in [0.5, 0.6) is 0 Å². The summed E-state index contributed by atoms with van der Waals surface area (Å²) in [4.78, 5) is 10.0. The van der Waals surface area contributed by atoms with E-state index < -0.39 is 17.6 Å². The lowest BCUT2D eigenvalue weighted by atomic mass is 10.4. The molecule has 0 saturated carbocycles. The van der Waals surface area contributed by atoms with Crippen LogP contribution < -0.4 is 11.5 Å². The van der Waals surface area contributed by atoms with E-state index in [9.17, 15) is 4.79 Å². The Morgan fingerprint density at radius 3 is 2.33 bits per heavy atom. The molecule has 1 amide bonds. The van der Waals surface area contributed by atoms with Crippen molar-refractivity contribution in [2.75, 3.05) is 0 Å². The summed E-state index contributed by atoms with van der Waals surface area (Å²) >= 11 is 3.81. The van der Waals surface area contributed by atoms with Crippen LogP contribution in [0.15, 0.2) is 0 Å². The Hall–Kier alpha value is -0.420. The maximum Gasteiger partial charge on any atom is 0.404 e. The molecule has 0 aliphatic heterocycles. The normalized spacial score (nSPS) is 16.3. The fraction of sp³-hybridized carbons (Fsp3) is 0.750. The predicted molar refractivity (Wildman–Crippen MR) is 37.1 cm³/mol. The van der Waals surface area contributed by atoms with E-state index in [4.69, 9.17) is 5.73 Å². The Morgan fingerprint density at radius 1 is 1.78 bits per heavy atom. The fourth-order valence-electron chi connectivity index (χ4n) is 0.253. The minimum Gasteiger partial charge on any atom is -0.444 e. The molecule has 0 aromatic rings. The molecular formula is C4H10N2O2S. The molecule has 54 valence electrons. The first-order valence-corrected chi connectivity index (χ1v) is 2.95. The highest BCUT2D eigenvalue weighted by atomic mass is 32.1. The SMILES string of the molecule is C[C@H](OC(N)=O)C(N)S. The van der Waals surface area contributed by atoms with Crippen LogP contribution in [0, 0.1) is 0 Å². The van der Waals surface area contributed by atoms with Crippen LogP contribution in [-0.4, -0.2) is 17.6 Å². The second-order valence-corrected chi connectivity index (χ2v) is 2.23. The minimum atomic E-state index is -0.827. The highest BCUT2D eigenvalue weighted by Gasteiger charge is 2.10. The smallest absolute Gasteiger partial charge is 0.404 e. The summed E-state index contributed by atoms with van der Waals surface area (Å²) in [7, 11) is 0. The average molecular weight is 150 g/mol. The molecule has 0 aromatic heterocycles. The third-order valence-corrected chi connectivity index (χ3v) is 1.20. The van der Waals surface area contributed by atoms with E-state index in [1.165, 1.54) is 0 Å². The molecule has 0 spiro atoms. The molecule has 1 unspecified atom stereocenters. The Morgan fingerprint density at radius 2 is 2.22 bits per heavy atom. The summed E-state index contributed by atoms with van der Waals surface area (Å²) in [5.74, 6) is 0. The molecule has 0 rings (SSSR count). The minimum absolute atomic E-state index is 0.439. The van der Waals surface area contributed by atoms with Gasteiger partial charge in [-0.25, -0.2) is 4.79 Å². The van der Waals surface area contributed by atoms with E-state index in [2.05, 4.69) is 23.1 Å². The molecule has 0 aliphatic rings. The van der Waals surface area contributed by atoms with Crippen LogP contribution in [0.4, 0.5) is 4.79 Å². The standard InChI is InChI=1S/C4H10N2O2S/c1-2(3(5)9)8-4(6)7/h2-3,9H,5H2,1H3,(H2,6,7)/t2-,3?/m0/s1. The number of hydrogen-bond acceptors (Lipinski definition) is 4. The van der Waals surface area contributed by atoms with Crippen LogP contribution >= 0.6 is 12.6 Å². The van der Waals surface area contributed by atoms with Crippen LogP contribution in [0.2, 0.25) is 0 Å². The average Bonchev–Trinajstić information content (AvgIpc) is 1.63. The molecule has 0 saturated heterocycles. The maximum atomic E-state index is 10.0. The van der Waals surface area contributed by atoms with Gasteiger partial charge in [0, 0.05) is 0 Å². The van der Waals surface area contributed by atoms with E-state index in [-0.39, 0.29) is 0 Å². The van der Waals surface area contributed by atoms with E-state index in [1.54, 1.807) is 6.92 Å². The van der Waals surface area contributed by atoms with Gasteiger partial charge in [0.15, 0.2) is 0 Å². The van der Waals surface area contributed by atoms with Gasteiger partial charge in [-0.15, -0.1) is 0 Å². The quantitative estimate of drug-likeness (QED) is 0.373. The number of thiol groups is 1. The lowest BCUT2D eigenvalue weighted by molar-refractivity contribution is 0.115. The Kier molecular flexibility index (Phi) is 3.41. The van der Waals surface area contributed by atoms with Crippen molar-refractivity contribution in [1.82, 2.24) is 0 Å². The predicted octanol–water partition coefficient (Wildman–Crippen LogP) is -0.315. The van der Waals surface area contributed by atoms with Crippen LogP contribution in [0.25, 0.3) is 0 Å². The van der Waals surface area contributed by atoms with Gasteiger partial charge in [0.25, 0.3) is 0 Å². The molecule has 9 heavy (non-hydrogen) atoms. The zero-order valence-corrected chi connectivity index (χ0v) is 5.97. The topological polar surface area (TPSA) is 78.3 Å². The number of amides is 1. The van der Waals surface area contributed by atoms with E-state index >= 15 is 0 Å². The number of ether oxygens (including phenoxy) is 1. The molecule has 0 fully saturated rings. The van der Waals surface area contributed by atoms with Gasteiger partial charge in [-0.1, -0.05) is 0 Å². The van der Waals surface area contributed by atoms with Crippen LogP contribution in [-0.2, 0) is 4.74 Å². The van der Waals surface area contributed by atoms with Crippen molar-refractivity contribution in [3.63, 3.8) is 0 Å². The van der Waals surface area contributed by atoms with Crippen LogP contribution in [0.1, 0.15) is 6.92 Å². The highest BCUT2D eigenvalue weighted by molar-refractivity contribution is 7.80. The highest BCUT2D eigenvalue weighted by Crippen LogP contribution is 1.98. The lowest BCUT2D eigenvalue weighted by Crippen LogP contribution is -2.33. The van der Waals surface area contributed by atoms with Gasteiger partial charge in [0.1, 0.15) is 6.10 Å². The van der Waals surface area contributed by atoms with Crippen molar-refractivity contribution < 1.29 is 9.53 Å². The van der Waals surface area contributed by atoms with Gasteiger partial charge in [-0.05, 0) is 6.92 Å². The summed E-state index contributed by atoms with van der Waals surface area (Å²) in [5.41, 5.74) is 9.90. The number of carbonyl (C=O) groups excluding carboxylic acids is 1. The van der Waals surface area contributed by atoms with Crippen molar-refractivity contribution in [2.24, 2.45) is 11.5 Å². The molecule has 4 nitrogen and oxygen atoms in total. The second kappa shape index (κ2) is 3.58. The molecule has 2 atom stereocenters. The Balaban J connectivity index is 3.50. The molecule has 4 N–H and O–H groups in total. The number of carbonyl (C=O) groups is 1. The van der Waals surface area contributed by atoms with Crippen molar-refractivity contribution in [3.05, 3.63) is 0 Å². The zero-order valence-electron chi connectivity index (χ0n) is 5.07. The van der Waals surface area contributed by atoms with Gasteiger partial charge >= 0.3 is 6.09 Å². The summed E-state index contributed by atoms with van der Waals surface area (Å²) in [6.45, 7) is 1.61. The first kappa shape index (κ1) is 8.58. The zero-order chi connectivity index (χ0) is 7.44. The van der Waals surface area contributed by atoms with Gasteiger partial charge in [-0.3, -0.25) is 0 Å². The van der Waals surface area contributed by atoms with Crippen molar-refractivity contribution in [3.8, 4) is 0 Å². The molecule has 0 radical (unpaired) electrons. The van der Waals surface area contributed by atoms with Gasteiger partial charge in [-0.2, -0.15) is 12.6 Å². The van der Waals surface area contributed by atoms with Crippen molar-refractivity contribution in [2.45, 2.75) is 18.4 Å². The fourth-order valence-corrected chi connectivity index (χ4v) is 0.314. The number of hydrogen-bond donors (Lipinski definition) is 3. The molecule has 5 heteroatoms. The third kappa shape index (κ3) is 4.11. The monoisotopic (exact) mass is 150 g/mol. The largest absolute Gasteiger partial charge is 0.444 e. The van der Waals surface area contributed by atoms with Crippen molar-refractivity contribution >= 4 is 18.7 Å². The third-order valence-electron chi connectivity index (χ3n) is 0.783. The van der Waals surface area contributed by atoms with Gasteiger partial charge in [0.2, 0.25) is 0 Å². The molecule has 0 bridgehead atoms. The number of primary amides is 1. The van der Waals surface area contributed by atoms with E-state index in [1.807, 2.05) is 0 Å². The van der Waals surface area contributed by atoms with E-state index in [0.29, 0.717) is 0 Å². The number of nitrogens with two attached hydrogens (primary N) is 2. The molecular weight excluding hydrogens is 140 g/mol. The molecule has 0 aliphatic carbocycles. The lowest BCUT2D eigenvalue weighted by Gasteiger charge is -2.13. The van der Waals surface area contributed by atoms with Crippen LogP contribution in [0.3, 0.4) is 0 Å². The first-order chi connectivity index (χ1) is 4.04.